The van der Waals surface area contributed by atoms with E-state index in [1.807, 2.05) is 23.6 Å². The Balaban J connectivity index is 1.67. The number of nitrogens with one attached hydrogen (secondary N) is 2. The van der Waals surface area contributed by atoms with Gasteiger partial charge in [-0.25, -0.2) is 9.78 Å². The van der Waals surface area contributed by atoms with E-state index in [-0.39, 0.29) is 12.5 Å². The van der Waals surface area contributed by atoms with Gasteiger partial charge in [0.15, 0.2) is 5.13 Å². The predicted octanol–water partition coefficient (Wildman–Crippen LogP) is 2.88. The highest BCUT2D eigenvalue weighted by atomic mass is 32.1. The van der Waals surface area contributed by atoms with Crippen molar-refractivity contribution in [1.29, 1.82) is 0 Å². The zero-order chi connectivity index (χ0) is 19.6. The summed E-state index contributed by atoms with van der Waals surface area (Å²) in [4.78, 5) is 40.3. The van der Waals surface area contributed by atoms with E-state index in [0.717, 1.165) is 22.5 Å². The van der Waals surface area contributed by atoms with E-state index in [4.69, 9.17) is 5.11 Å². The van der Waals surface area contributed by atoms with Crippen molar-refractivity contribution in [3.63, 3.8) is 0 Å². The molecule has 0 saturated carbocycles. The first-order chi connectivity index (χ1) is 12.8. The molecule has 3 N–H and O–H groups in total. The second-order valence-corrected chi connectivity index (χ2v) is 7.37. The van der Waals surface area contributed by atoms with Crippen molar-refractivity contribution in [2.45, 2.75) is 19.8 Å². The fourth-order valence-corrected chi connectivity index (χ4v) is 3.47. The molecule has 1 aromatic heterocycles. The highest BCUT2D eigenvalue weighted by Crippen LogP contribution is 2.30. The van der Waals surface area contributed by atoms with Gasteiger partial charge in [-0.3, -0.25) is 14.9 Å². The zero-order valence-corrected chi connectivity index (χ0v) is 15.8. The number of aryl methyl sites for hydroxylation is 1. The summed E-state index contributed by atoms with van der Waals surface area (Å²) < 4.78 is 0. The molecule has 1 aromatic carbocycles. The number of aromatic nitrogens is 1. The highest BCUT2D eigenvalue weighted by Gasteiger charge is 2.19. The van der Waals surface area contributed by atoms with Crippen LogP contribution in [0.25, 0.3) is 11.3 Å². The lowest BCUT2D eigenvalue weighted by Gasteiger charge is -2.19. The number of nitrogens with zero attached hydrogens (tertiary/aromatic N) is 2. The van der Waals surface area contributed by atoms with Crippen molar-refractivity contribution >= 4 is 40.1 Å². The maximum Gasteiger partial charge on any atom is 0.323 e. The SMILES string of the molecule is CC(CN(C)C(=O)Nc1nc(-c2ccc3c(c2)CCC(=O)N3)cs1)C(=O)O. The van der Waals surface area contributed by atoms with E-state index >= 15 is 0 Å². The first-order valence-corrected chi connectivity index (χ1v) is 9.35. The van der Waals surface area contributed by atoms with E-state index in [9.17, 15) is 14.4 Å². The van der Waals surface area contributed by atoms with Gasteiger partial charge in [-0.05, 0) is 24.1 Å². The molecule has 1 atom stereocenters. The number of benzene rings is 1. The number of fused-ring (bicyclic) bond motifs is 1. The Labute approximate surface area is 160 Å². The van der Waals surface area contributed by atoms with Crippen molar-refractivity contribution in [2.24, 2.45) is 5.92 Å². The van der Waals surface area contributed by atoms with Crippen molar-refractivity contribution in [1.82, 2.24) is 9.88 Å². The number of thiazole rings is 1. The second-order valence-electron chi connectivity index (χ2n) is 6.51. The van der Waals surface area contributed by atoms with E-state index in [0.29, 0.717) is 18.0 Å². The standard InChI is InChI=1S/C18H20N4O4S/c1-10(16(24)25)8-22(2)18(26)21-17-20-14(9-27-17)12-3-5-13-11(7-12)4-6-15(23)19-13/h3,5,7,9-10H,4,6,8H2,1-2H3,(H,19,23)(H,24,25)(H,20,21,26). The van der Waals surface area contributed by atoms with Gasteiger partial charge in [0.05, 0.1) is 11.6 Å². The average Bonchev–Trinajstić information content (AvgIpc) is 3.09. The molecule has 0 aliphatic carbocycles. The molecular weight excluding hydrogens is 368 g/mol. The monoisotopic (exact) mass is 388 g/mol. The molecule has 0 fully saturated rings. The van der Waals surface area contributed by atoms with Crippen LogP contribution in [0, 0.1) is 5.92 Å². The van der Waals surface area contributed by atoms with Gasteiger partial charge < -0.3 is 15.3 Å². The number of anilines is 2. The van der Waals surface area contributed by atoms with Gasteiger partial charge in [-0.1, -0.05) is 13.0 Å². The Hall–Kier alpha value is -2.94. The zero-order valence-electron chi connectivity index (χ0n) is 15.0. The van der Waals surface area contributed by atoms with Crippen molar-refractivity contribution in [3.8, 4) is 11.3 Å². The molecular formula is C18H20N4O4S. The smallest absolute Gasteiger partial charge is 0.323 e. The third-order valence-corrected chi connectivity index (χ3v) is 5.09. The largest absolute Gasteiger partial charge is 0.481 e. The first-order valence-electron chi connectivity index (χ1n) is 8.47. The lowest BCUT2D eigenvalue weighted by Crippen LogP contribution is -2.36. The predicted molar refractivity (Wildman–Crippen MR) is 103 cm³/mol. The number of carbonyl (C=O) groups is 3. The number of carbonyl (C=O) groups excluding carboxylic acids is 2. The number of urea groups is 1. The minimum absolute atomic E-state index is 0.0234. The van der Waals surface area contributed by atoms with Crippen molar-refractivity contribution in [3.05, 3.63) is 29.1 Å². The summed E-state index contributed by atoms with van der Waals surface area (Å²) in [6, 6.07) is 5.33. The topological polar surface area (TPSA) is 112 Å². The van der Waals surface area contributed by atoms with Gasteiger partial charge in [-0.15, -0.1) is 11.3 Å². The number of aliphatic carboxylic acids is 1. The molecule has 9 heteroatoms. The molecule has 2 aromatic rings. The lowest BCUT2D eigenvalue weighted by molar-refractivity contribution is -0.141. The van der Waals surface area contributed by atoms with Crippen LogP contribution in [0.3, 0.4) is 0 Å². The van der Waals surface area contributed by atoms with Gasteiger partial charge in [0, 0.05) is 36.6 Å². The summed E-state index contributed by atoms with van der Waals surface area (Å²) in [6.07, 6.45) is 1.16. The summed E-state index contributed by atoms with van der Waals surface area (Å²) >= 11 is 1.30. The van der Waals surface area contributed by atoms with Gasteiger partial charge in [-0.2, -0.15) is 0 Å². The number of rotatable bonds is 5. The Morgan fingerprint density at radius 2 is 2.19 bits per heavy atom. The van der Waals surface area contributed by atoms with Gasteiger partial charge >= 0.3 is 12.0 Å². The number of amides is 3. The van der Waals surface area contributed by atoms with Crippen LogP contribution in [0.15, 0.2) is 23.6 Å². The first kappa shape index (κ1) is 18.8. The minimum Gasteiger partial charge on any atom is -0.481 e. The normalized spacial score (nSPS) is 14.1. The van der Waals surface area contributed by atoms with Crippen LogP contribution >= 0.6 is 11.3 Å². The van der Waals surface area contributed by atoms with Crippen LogP contribution in [0.4, 0.5) is 15.6 Å². The quantitative estimate of drug-likeness (QED) is 0.729. The highest BCUT2D eigenvalue weighted by molar-refractivity contribution is 7.14. The second kappa shape index (κ2) is 7.75. The van der Waals surface area contributed by atoms with E-state index in [1.165, 1.54) is 16.2 Å². The average molecular weight is 388 g/mol. The molecule has 1 unspecified atom stereocenters. The molecule has 1 aliphatic rings. The number of hydrogen-bond acceptors (Lipinski definition) is 5. The molecule has 0 spiro atoms. The van der Waals surface area contributed by atoms with E-state index in [1.54, 1.807) is 14.0 Å². The van der Waals surface area contributed by atoms with Crippen LogP contribution in [-0.4, -0.2) is 46.5 Å². The molecule has 2 heterocycles. The summed E-state index contributed by atoms with van der Waals surface area (Å²) in [5, 5.41) is 16.8. The maximum atomic E-state index is 12.2. The Morgan fingerprint density at radius 3 is 2.93 bits per heavy atom. The Morgan fingerprint density at radius 1 is 1.41 bits per heavy atom. The van der Waals surface area contributed by atoms with E-state index < -0.39 is 17.9 Å². The van der Waals surface area contributed by atoms with Crippen LogP contribution in [0.2, 0.25) is 0 Å². The van der Waals surface area contributed by atoms with E-state index in [2.05, 4.69) is 15.6 Å². The van der Waals surface area contributed by atoms with Gasteiger partial charge in [0.2, 0.25) is 5.91 Å². The Bertz CT molecular complexity index is 895. The van der Waals surface area contributed by atoms with Crippen LogP contribution in [0.5, 0.6) is 0 Å². The van der Waals surface area contributed by atoms with Crippen LogP contribution < -0.4 is 10.6 Å². The summed E-state index contributed by atoms with van der Waals surface area (Å²) in [5.74, 6) is -1.58. The summed E-state index contributed by atoms with van der Waals surface area (Å²) in [6.45, 7) is 1.65. The number of carboxylic acids is 1. The fraction of sp³-hybridized carbons (Fsp3) is 0.333. The number of carboxylic acid groups (broad SMARTS) is 1. The summed E-state index contributed by atoms with van der Waals surface area (Å²) in [7, 11) is 1.54. The third kappa shape index (κ3) is 4.43. The van der Waals surface area contributed by atoms with Crippen molar-refractivity contribution < 1.29 is 19.5 Å². The molecule has 0 saturated heterocycles. The minimum atomic E-state index is -0.949. The van der Waals surface area contributed by atoms with Crippen LogP contribution in [-0.2, 0) is 16.0 Å². The van der Waals surface area contributed by atoms with Gasteiger partial charge in [0.25, 0.3) is 0 Å². The lowest BCUT2D eigenvalue weighted by atomic mass is 9.99. The molecule has 3 rings (SSSR count). The van der Waals surface area contributed by atoms with Crippen molar-refractivity contribution in [2.75, 3.05) is 24.2 Å². The third-order valence-electron chi connectivity index (χ3n) is 4.33. The molecule has 8 nitrogen and oxygen atoms in total. The fourth-order valence-electron chi connectivity index (χ4n) is 2.77. The molecule has 0 radical (unpaired) electrons. The molecule has 142 valence electrons. The van der Waals surface area contributed by atoms with Crippen LogP contribution in [0.1, 0.15) is 18.9 Å². The van der Waals surface area contributed by atoms with Gasteiger partial charge in [0.1, 0.15) is 0 Å². The summed E-state index contributed by atoms with van der Waals surface area (Å²) in [5.41, 5.74) is 3.53. The molecule has 0 bridgehead atoms. The Kier molecular flexibility index (Phi) is 5.41. The molecule has 3 amide bonds. The number of hydrogen-bond donors (Lipinski definition) is 3. The molecule has 27 heavy (non-hydrogen) atoms. The molecule has 1 aliphatic heterocycles. The maximum absolute atomic E-state index is 12.2.